The molecule has 0 fully saturated rings. The van der Waals surface area contributed by atoms with Gasteiger partial charge >= 0.3 is 0 Å². The Bertz CT molecular complexity index is 1220. The summed E-state index contributed by atoms with van der Waals surface area (Å²) >= 11 is 0. The van der Waals surface area contributed by atoms with Crippen LogP contribution in [0.15, 0.2) is 85.2 Å². The van der Waals surface area contributed by atoms with E-state index in [0.717, 1.165) is 22.5 Å². The minimum atomic E-state index is -0.165. The summed E-state index contributed by atoms with van der Waals surface area (Å²) in [6.45, 7) is 6.35. The fourth-order valence-corrected chi connectivity index (χ4v) is 3.39. The molecule has 1 aromatic heterocycles. The molecule has 32 heavy (non-hydrogen) atoms. The highest BCUT2D eigenvalue weighted by Gasteiger charge is 2.09. The van der Waals surface area contributed by atoms with Gasteiger partial charge in [0.2, 0.25) is 5.95 Å². The first-order valence-corrected chi connectivity index (χ1v) is 10.7. The van der Waals surface area contributed by atoms with E-state index in [-0.39, 0.29) is 5.91 Å². The molecule has 1 heterocycles. The van der Waals surface area contributed by atoms with Crippen LogP contribution in [0.4, 0.5) is 17.3 Å². The Kier molecular flexibility index (Phi) is 6.26. The van der Waals surface area contributed by atoms with Gasteiger partial charge in [-0.3, -0.25) is 4.79 Å². The number of aryl methyl sites for hydroxylation is 1. The predicted molar refractivity (Wildman–Crippen MR) is 130 cm³/mol. The average Bonchev–Trinajstić information content (AvgIpc) is 2.80. The first kappa shape index (κ1) is 21.2. The van der Waals surface area contributed by atoms with Crippen molar-refractivity contribution in [1.82, 2.24) is 9.97 Å². The monoisotopic (exact) mass is 422 g/mol. The normalized spacial score (nSPS) is 10.8. The average molecular weight is 423 g/mol. The molecule has 4 rings (SSSR count). The summed E-state index contributed by atoms with van der Waals surface area (Å²) in [6.07, 6.45) is 3.59. The molecule has 0 spiro atoms. The van der Waals surface area contributed by atoms with Crippen LogP contribution in [0.25, 0.3) is 11.1 Å². The van der Waals surface area contributed by atoms with Crippen molar-refractivity contribution in [3.8, 4) is 11.1 Å². The molecule has 0 aliphatic heterocycles. The van der Waals surface area contributed by atoms with Gasteiger partial charge in [-0.05, 0) is 54.3 Å². The lowest BCUT2D eigenvalue weighted by Gasteiger charge is -2.10. The number of hydrogen-bond donors (Lipinski definition) is 2. The maximum absolute atomic E-state index is 12.7. The molecule has 0 aliphatic rings. The van der Waals surface area contributed by atoms with E-state index in [1.54, 1.807) is 24.5 Å². The second kappa shape index (κ2) is 9.43. The van der Waals surface area contributed by atoms with Crippen LogP contribution in [-0.2, 0) is 0 Å². The summed E-state index contributed by atoms with van der Waals surface area (Å²) < 4.78 is 0. The van der Waals surface area contributed by atoms with Gasteiger partial charge in [-0.25, -0.2) is 9.97 Å². The van der Waals surface area contributed by atoms with E-state index in [9.17, 15) is 4.79 Å². The van der Waals surface area contributed by atoms with Crippen molar-refractivity contribution in [2.24, 2.45) is 0 Å². The number of nitrogens with one attached hydrogen (secondary N) is 2. The van der Waals surface area contributed by atoms with Crippen molar-refractivity contribution in [1.29, 1.82) is 0 Å². The Balaban J connectivity index is 1.44. The summed E-state index contributed by atoms with van der Waals surface area (Å²) in [5.74, 6) is 0.764. The number of rotatable bonds is 6. The SMILES string of the molecule is Cc1cccc(-c2cnc(Nc3cccc(C(=O)Nc4ccc(C(C)C)cc4)c3)nc2)c1. The van der Waals surface area contributed by atoms with Crippen molar-refractivity contribution in [3.05, 3.63) is 102 Å². The number of aromatic nitrogens is 2. The van der Waals surface area contributed by atoms with Crippen molar-refractivity contribution < 1.29 is 4.79 Å². The second-order valence-corrected chi connectivity index (χ2v) is 8.10. The Morgan fingerprint density at radius 1 is 0.812 bits per heavy atom. The van der Waals surface area contributed by atoms with E-state index in [2.05, 4.69) is 53.5 Å². The van der Waals surface area contributed by atoms with Crippen LogP contribution in [0.3, 0.4) is 0 Å². The number of carbonyl (C=O) groups is 1. The molecule has 3 aromatic carbocycles. The predicted octanol–water partition coefficient (Wildman–Crippen LogP) is 6.57. The fourth-order valence-electron chi connectivity index (χ4n) is 3.39. The summed E-state index contributed by atoms with van der Waals surface area (Å²) in [5.41, 5.74) is 6.54. The molecule has 0 atom stereocenters. The number of carbonyl (C=O) groups excluding carboxylic acids is 1. The maximum atomic E-state index is 12.7. The van der Waals surface area contributed by atoms with Gasteiger partial charge in [-0.2, -0.15) is 0 Å². The maximum Gasteiger partial charge on any atom is 0.255 e. The summed E-state index contributed by atoms with van der Waals surface area (Å²) in [7, 11) is 0. The van der Waals surface area contributed by atoms with Gasteiger partial charge in [0.05, 0.1) is 0 Å². The van der Waals surface area contributed by atoms with Crippen molar-refractivity contribution in [2.75, 3.05) is 10.6 Å². The standard InChI is InChI=1S/C27H26N4O/c1-18(2)20-10-12-24(13-11-20)30-26(32)22-8-5-9-25(15-22)31-27-28-16-23(17-29-27)21-7-4-6-19(3)14-21/h4-18H,1-3H3,(H,30,32)(H,28,29,31). The lowest BCUT2D eigenvalue weighted by Crippen LogP contribution is -2.12. The fraction of sp³-hybridized carbons (Fsp3) is 0.148. The van der Waals surface area contributed by atoms with Gasteiger partial charge in [0.1, 0.15) is 0 Å². The highest BCUT2D eigenvalue weighted by Crippen LogP contribution is 2.22. The van der Waals surface area contributed by atoms with Crippen LogP contribution >= 0.6 is 0 Å². The molecule has 5 heteroatoms. The molecule has 0 saturated carbocycles. The van der Waals surface area contributed by atoms with Gasteiger partial charge in [-0.15, -0.1) is 0 Å². The van der Waals surface area contributed by atoms with Gasteiger partial charge in [0.25, 0.3) is 5.91 Å². The van der Waals surface area contributed by atoms with E-state index in [1.807, 2.05) is 48.5 Å². The molecule has 0 bridgehead atoms. The zero-order valence-corrected chi connectivity index (χ0v) is 18.5. The topological polar surface area (TPSA) is 66.9 Å². The third kappa shape index (κ3) is 5.19. The molecule has 2 N–H and O–H groups in total. The number of anilines is 3. The van der Waals surface area contributed by atoms with Crippen molar-refractivity contribution in [2.45, 2.75) is 26.7 Å². The molecule has 4 aromatic rings. The number of amides is 1. The summed E-state index contributed by atoms with van der Waals surface area (Å²) in [5, 5.41) is 6.12. The van der Waals surface area contributed by atoms with Gasteiger partial charge in [0.15, 0.2) is 0 Å². The van der Waals surface area contributed by atoms with Crippen molar-refractivity contribution >= 4 is 23.2 Å². The number of hydrogen-bond acceptors (Lipinski definition) is 4. The highest BCUT2D eigenvalue weighted by atomic mass is 16.1. The molecule has 0 aliphatic carbocycles. The number of nitrogens with zero attached hydrogens (tertiary/aromatic N) is 2. The lowest BCUT2D eigenvalue weighted by molar-refractivity contribution is 0.102. The Labute approximate surface area is 188 Å². The first-order chi connectivity index (χ1) is 15.5. The smallest absolute Gasteiger partial charge is 0.255 e. The Hall–Kier alpha value is -3.99. The zero-order chi connectivity index (χ0) is 22.5. The van der Waals surface area contributed by atoms with Gasteiger partial charge in [0, 0.05) is 34.9 Å². The third-order valence-electron chi connectivity index (χ3n) is 5.22. The summed E-state index contributed by atoms with van der Waals surface area (Å²) in [4.78, 5) is 21.5. The molecular formula is C27H26N4O. The molecular weight excluding hydrogens is 396 g/mol. The molecule has 1 amide bonds. The van der Waals surface area contributed by atoms with E-state index >= 15 is 0 Å². The summed E-state index contributed by atoms with van der Waals surface area (Å²) in [6, 6.07) is 23.4. The lowest BCUT2D eigenvalue weighted by atomic mass is 10.0. The van der Waals surface area contributed by atoms with Crippen LogP contribution in [0.2, 0.25) is 0 Å². The third-order valence-corrected chi connectivity index (χ3v) is 5.22. The minimum Gasteiger partial charge on any atom is -0.324 e. The second-order valence-electron chi connectivity index (χ2n) is 8.10. The van der Waals surface area contributed by atoms with E-state index in [1.165, 1.54) is 11.1 Å². The molecule has 160 valence electrons. The molecule has 0 unspecified atom stereocenters. The zero-order valence-electron chi connectivity index (χ0n) is 18.5. The number of benzene rings is 3. The van der Waals surface area contributed by atoms with E-state index in [4.69, 9.17) is 0 Å². The van der Waals surface area contributed by atoms with E-state index < -0.39 is 0 Å². The van der Waals surface area contributed by atoms with Crippen LogP contribution in [0.5, 0.6) is 0 Å². The Morgan fingerprint density at radius 2 is 1.53 bits per heavy atom. The van der Waals surface area contributed by atoms with Gasteiger partial charge < -0.3 is 10.6 Å². The molecule has 5 nitrogen and oxygen atoms in total. The van der Waals surface area contributed by atoms with Crippen LogP contribution in [0, 0.1) is 6.92 Å². The largest absolute Gasteiger partial charge is 0.324 e. The van der Waals surface area contributed by atoms with Crippen LogP contribution < -0.4 is 10.6 Å². The first-order valence-electron chi connectivity index (χ1n) is 10.7. The van der Waals surface area contributed by atoms with Gasteiger partial charge in [-0.1, -0.05) is 61.9 Å². The van der Waals surface area contributed by atoms with E-state index in [0.29, 0.717) is 17.4 Å². The Morgan fingerprint density at radius 3 is 2.22 bits per heavy atom. The molecule has 0 radical (unpaired) electrons. The van der Waals surface area contributed by atoms with Crippen LogP contribution in [0.1, 0.15) is 41.3 Å². The van der Waals surface area contributed by atoms with Crippen molar-refractivity contribution in [3.63, 3.8) is 0 Å². The molecule has 0 saturated heterocycles. The highest BCUT2D eigenvalue weighted by molar-refractivity contribution is 6.04. The minimum absolute atomic E-state index is 0.165. The van der Waals surface area contributed by atoms with Crippen LogP contribution in [-0.4, -0.2) is 15.9 Å². The quantitative estimate of drug-likeness (QED) is 0.369.